The van der Waals surface area contributed by atoms with E-state index >= 15 is 0 Å². The fraction of sp³-hybridized carbons (Fsp3) is 0.261. The lowest BCUT2D eigenvalue weighted by atomic mass is 9.61. The maximum Gasteiger partial charge on any atom is 0.198 e. The SMILES string of the molecule is CC[C@]12O[C@H](c3c1oc1ccccc1c3=O)[C@@H]1C(=O)c3ccccc3C(=O)[C@@H]12. The fourth-order valence-electron chi connectivity index (χ4n) is 5.39. The zero-order valence-electron chi connectivity index (χ0n) is 15.1. The Morgan fingerprint density at radius 1 is 0.929 bits per heavy atom. The molecule has 6 rings (SSSR count). The summed E-state index contributed by atoms with van der Waals surface area (Å²) in [5.74, 6) is -1.16. The van der Waals surface area contributed by atoms with Crippen LogP contribution >= 0.6 is 0 Å². The molecular formula is C23H16O5. The Bertz CT molecular complexity index is 1270. The molecule has 5 heteroatoms. The number of Topliss-reactive ketones (excluding diaryl/α,β-unsaturated/α-hetero) is 2. The molecule has 0 unspecified atom stereocenters. The van der Waals surface area contributed by atoms with E-state index in [0.29, 0.717) is 39.8 Å². The van der Waals surface area contributed by atoms with Crippen molar-refractivity contribution in [1.29, 1.82) is 0 Å². The molecule has 3 heterocycles. The highest BCUT2D eigenvalue weighted by Crippen LogP contribution is 2.64. The van der Waals surface area contributed by atoms with Crippen LogP contribution in [0.5, 0.6) is 0 Å². The van der Waals surface area contributed by atoms with Crippen LogP contribution in [0.4, 0.5) is 0 Å². The van der Waals surface area contributed by atoms with Crippen molar-refractivity contribution in [2.75, 3.05) is 0 Å². The van der Waals surface area contributed by atoms with E-state index in [1.165, 1.54) is 0 Å². The summed E-state index contributed by atoms with van der Waals surface area (Å²) < 4.78 is 12.5. The van der Waals surface area contributed by atoms with Gasteiger partial charge >= 0.3 is 0 Å². The van der Waals surface area contributed by atoms with Crippen molar-refractivity contribution in [3.8, 4) is 0 Å². The van der Waals surface area contributed by atoms with Gasteiger partial charge in [-0.3, -0.25) is 14.4 Å². The van der Waals surface area contributed by atoms with Gasteiger partial charge in [0.05, 0.1) is 22.8 Å². The smallest absolute Gasteiger partial charge is 0.198 e. The Morgan fingerprint density at radius 3 is 2.36 bits per heavy atom. The summed E-state index contributed by atoms with van der Waals surface area (Å²) in [6.07, 6.45) is -0.300. The molecule has 4 atom stereocenters. The topological polar surface area (TPSA) is 73.6 Å². The average Bonchev–Trinajstić information content (AvgIpc) is 3.24. The summed E-state index contributed by atoms with van der Waals surface area (Å²) >= 11 is 0. The molecule has 1 aliphatic carbocycles. The summed E-state index contributed by atoms with van der Waals surface area (Å²) in [5.41, 5.74) is 0.484. The lowest BCUT2D eigenvalue weighted by Gasteiger charge is -2.37. The summed E-state index contributed by atoms with van der Waals surface area (Å²) in [6.45, 7) is 1.90. The molecule has 0 N–H and O–H groups in total. The number of carbonyl (C=O) groups is 2. The minimum Gasteiger partial charge on any atom is -0.457 e. The molecule has 2 bridgehead atoms. The van der Waals surface area contributed by atoms with Gasteiger partial charge in [-0.05, 0) is 18.6 Å². The van der Waals surface area contributed by atoms with E-state index in [1.807, 2.05) is 6.92 Å². The molecule has 0 radical (unpaired) electrons. The second-order valence-corrected chi connectivity index (χ2v) is 7.73. The molecule has 1 aromatic heterocycles. The van der Waals surface area contributed by atoms with Crippen LogP contribution in [0.2, 0.25) is 0 Å². The van der Waals surface area contributed by atoms with Crippen molar-refractivity contribution in [3.05, 3.63) is 81.2 Å². The van der Waals surface area contributed by atoms with Gasteiger partial charge in [-0.25, -0.2) is 0 Å². The Morgan fingerprint density at radius 2 is 1.61 bits per heavy atom. The van der Waals surface area contributed by atoms with Crippen LogP contribution in [0, 0.1) is 11.8 Å². The molecule has 5 nitrogen and oxygen atoms in total. The van der Waals surface area contributed by atoms with Crippen molar-refractivity contribution in [1.82, 2.24) is 0 Å². The molecule has 28 heavy (non-hydrogen) atoms. The molecule has 1 saturated heterocycles. The van der Waals surface area contributed by atoms with Gasteiger partial charge in [0.15, 0.2) is 17.0 Å². The summed E-state index contributed by atoms with van der Waals surface area (Å²) in [6, 6.07) is 13.9. The first-order valence-electron chi connectivity index (χ1n) is 9.50. The highest BCUT2D eigenvalue weighted by atomic mass is 16.5. The Labute approximate surface area is 159 Å². The van der Waals surface area contributed by atoms with Gasteiger partial charge < -0.3 is 9.15 Å². The molecule has 0 saturated carbocycles. The molecule has 0 spiro atoms. The van der Waals surface area contributed by atoms with Gasteiger partial charge in [-0.1, -0.05) is 43.3 Å². The molecule has 3 aromatic rings. The number of hydrogen-bond acceptors (Lipinski definition) is 5. The number of hydrogen-bond donors (Lipinski definition) is 0. The van der Waals surface area contributed by atoms with Crippen LogP contribution in [0.1, 0.15) is 51.5 Å². The molecule has 2 aliphatic heterocycles. The van der Waals surface area contributed by atoms with Crippen LogP contribution in [0.3, 0.4) is 0 Å². The van der Waals surface area contributed by atoms with Gasteiger partial charge in [0.25, 0.3) is 0 Å². The first-order chi connectivity index (χ1) is 13.6. The third kappa shape index (κ3) is 1.61. The fourth-order valence-corrected chi connectivity index (χ4v) is 5.39. The van der Waals surface area contributed by atoms with Crippen molar-refractivity contribution in [2.45, 2.75) is 25.0 Å². The van der Waals surface area contributed by atoms with E-state index in [9.17, 15) is 14.4 Å². The van der Waals surface area contributed by atoms with Crippen LogP contribution in [-0.2, 0) is 10.3 Å². The normalized spacial score (nSPS) is 29.7. The number of carbonyl (C=O) groups excluding carboxylic acids is 2. The van der Waals surface area contributed by atoms with E-state index in [0.717, 1.165) is 0 Å². The minimum absolute atomic E-state index is 0.106. The Hall–Kier alpha value is -3.05. The van der Waals surface area contributed by atoms with E-state index in [1.54, 1.807) is 48.5 Å². The predicted octanol–water partition coefficient (Wildman–Crippen LogP) is 3.79. The second kappa shape index (κ2) is 5.06. The van der Waals surface area contributed by atoms with Gasteiger partial charge in [0.2, 0.25) is 0 Å². The molecule has 3 aliphatic rings. The Kier molecular flexibility index (Phi) is 2.88. The van der Waals surface area contributed by atoms with Gasteiger partial charge in [-0.2, -0.15) is 0 Å². The lowest BCUT2D eigenvalue weighted by Crippen LogP contribution is -2.47. The molecule has 138 valence electrons. The predicted molar refractivity (Wildman–Crippen MR) is 100 cm³/mol. The number of ether oxygens (including phenoxy) is 1. The summed E-state index contributed by atoms with van der Waals surface area (Å²) in [7, 11) is 0. The third-order valence-electron chi connectivity index (χ3n) is 6.60. The molecule has 2 aromatic carbocycles. The van der Waals surface area contributed by atoms with Crippen molar-refractivity contribution in [3.63, 3.8) is 0 Å². The maximum absolute atomic E-state index is 13.4. The first kappa shape index (κ1) is 16.0. The first-order valence-corrected chi connectivity index (χ1v) is 9.50. The van der Waals surface area contributed by atoms with Crippen molar-refractivity contribution in [2.24, 2.45) is 11.8 Å². The summed E-state index contributed by atoms with van der Waals surface area (Å²) in [4.78, 5) is 40.0. The second-order valence-electron chi connectivity index (χ2n) is 7.73. The van der Waals surface area contributed by atoms with Gasteiger partial charge in [0.1, 0.15) is 23.0 Å². The minimum atomic E-state index is -1.08. The highest BCUT2D eigenvalue weighted by molar-refractivity contribution is 6.17. The molecular weight excluding hydrogens is 356 g/mol. The largest absolute Gasteiger partial charge is 0.457 e. The zero-order valence-corrected chi connectivity index (χ0v) is 15.1. The standard InChI is InChI=1S/C23H16O5/c1-2-23-17-15(18(24)11-7-3-4-8-12(11)20(17)26)21(28-23)16-19(25)13-9-5-6-10-14(13)27-22(16)23/h3-10,15,17,21H,2H2,1H3/t15-,17+,21-,23+/m0/s1. The van der Waals surface area contributed by atoms with Crippen LogP contribution in [-0.4, -0.2) is 11.6 Å². The number of fused-ring (bicyclic) bond motifs is 10. The maximum atomic E-state index is 13.4. The summed E-state index contributed by atoms with van der Waals surface area (Å²) in [5, 5.41) is 0.468. The number of para-hydroxylation sites is 1. The van der Waals surface area contributed by atoms with Crippen LogP contribution in [0.25, 0.3) is 11.0 Å². The van der Waals surface area contributed by atoms with Crippen LogP contribution < -0.4 is 5.43 Å². The third-order valence-corrected chi connectivity index (χ3v) is 6.60. The highest BCUT2D eigenvalue weighted by Gasteiger charge is 2.69. The van der Waals surface area contributed by atoms with Crippen molar-refractivity contribution < 1.29 is 18.7 Å². The van der Waals surface area contributed by atoms with E-state index in [-0.39, 0.29) is 17.0 Å². The van der Waals surface area contributed by atoms with E-state index < -0.39 is 23.5 Å². The van der Waals surface area contributed by atoms with Crippen molar-refractivity contribution >= 4 is 22.5 Å². The van der Waals surface area contributed by atoms with Crippen LogP contribution in [0.15, 0.2) is 57.7 Å². The monoisotopic (exact) mass is 372 g/mol. The number of benzene rings is 2. The molecule has 1 fully saturated rings. The van der Waals surface area contributed by atoms with E-state index in [2.05, 4.69) is 0 Å². The number of rotatable bonds is 1. The lowest BCUT2D eigenvalue weighted by molar-refractivity contribution is -0.0495. The zero-order chi connectivity index (χ0) is 19.2. The quantitative estimate of drug-likeness (QED) is 0.650. The van der Waals surface area contributed by atoms with Gasteiger partial charge in [-0.15, -0.1) is 0 Å². The number of ketones is 2. The average molecular weight is 372 g/mol. The molecule has 0 amide bonds. The van der Waals surface area contributed by atoms with E-state index in [4.69, 9.17) is 9.15 Å². The Balaban J connectivity index is 1.68. The van der Waals surface area contributed by atoms with Gasteiger partial charge in [0, 0.05) is 11.1 Å².